The third kappa shape index (κ3) is 1.76. The van der Waals surface area contributed by atoms with Gasteiger partial charge in [0.05, 0.1) is 10.5 Å². The second-order valence-corrected chi connectivity index (χ2v) is 4.43. The smallest absolute Gasteiger partial charge is 0.336 e. The maximum atomic E-state index is 10.5. The van der Waals surface area contributed by atoms with E-state index in [1.54, 1.807) is 0 Å². The van der Waals surface area contributed by atoms with E-state index in [4.69, 9.17) is 5.11 Å². The van der Waals surface area contributed by atoms with Crippen molar-refractivity contribution in [2.75, 3.05) is 0 Å². The van der Waals surface area contributed by atoms with E-state index in [0.717, 1.165) is 9.35 Å². The van der Waals surface area contributed by atoms with Gasteiger partial charge in [-0.05, 0) is 28.9 Å². The molecule has 0 saturated carbocycles. The SMILES string of the molecule is C=C(C(=O)O)c1sc(C)cc1Br. The Morgan fingerprint density at radius 3 is 2.67 bits per heavy atom. The van der Waals surface area contributed by atoms with Gasteiger partial charge in [-0.25, -0.2) is 4.79 Å². The van der Waals surface area contributed by atoms with Crippen LogP contribution in [0, 0.1) is 6.92 Å². The molecule has 0 spiro atoms. The Morgan fingerprint density at radius 2 is 2.33 bits per heavy atom. The normalized spacial score (nSPS) is 9.83. The lowest BCUT2D eigenvalue weighted by Gasteiger charge is -1.95. The van der Waals surface area contributed by atoms with Gasteiger partial charge in [0.2, 0.25) is 0 Å². The molecule has 0 saturated heterocycles. The number of thiophene rings is 1. The number of hydrogen-bond acceptors (Lipinski definition) is 2. The van der Waals surface area contributed by atoms with Gasteiger partial charge in [-0.15, -0.1) is 11.3 Å². The van der Waals surface area contributed by atoms with E-state index in [0.29, 0.717) is 4.88 Å². The Labute approximate surface area is 82.7 Å². The lowest BCUT2D eigenvalue weighted by atomic mass is 10.2. The lowest BCUT2D eigenvalue weighted by molar-refractivity contribution is -0.130. The second-order valence-electron chi connectivity index (χ2n) is 2.32. The van der Waals surface area contributed by atoms with Crippen LogP contribution in [-0.2, 0) is 4.79 Å². The van der Waals surface area contributed by atoms with Gasteiger partial charge in [-0.3, -0.25) is 0 Å². The Bertz CT molecular complexity index is 341. The number of aliphatic carboxylic acids is 1. The fraction of sp³-hybridized carbons (Fsp3) is 0.125. The number of hydrogen-bond donors (Lipinski definition) is 1. The number of carbonyl (C=O) groups is 1. The molecule has 2 nitrogen and oxygen atoms in total. The van der Waals surface area contributed by atoms with E-state index < -0.39 is 5.97 Å². The van der Waals surface area contributed by atoms with Gasteiger partial charge in [0.15, 0.2) is 0 Å². The van der Waals surface area contributed by atoms with E-state index in [-0.39, 0.29) is 5.57 Å². The second kappa shape index (κ2) is 3.41. The maximum Gasteiger partial charge on any atom is 0.336 e. The van der Waals surface area contributed by atoms with Gasteiger partial charge in [0.1, 0.15) is 0 Å². The molecule has 0 amide bonds. The molecule has 0 fully saturated rings. The highest BCUT2D eigenvalue weighted by Crippen LogP contribution is 2.31. The first kappa shape index (κ1) is 9.48. The van der Waals surface area contributed by atoms with Crippen molar-refractivity contribution >= 4 is 38.8 Å². The van der Waals surface area contributed by atoms with Crippen molar-refractivity contribution in [3.63, 3.8) is 0 Å². The summed E-state index contributed by atoms with van der Waals surface area (Å²) < 4.78 is 0.803. The predicted octanol–water partition coefficient (Wildman–Crippen LogP) is 2.92. The summed E-state index contributed by atoms with van der Waals surface area (Å²) in [6.07, 6.45) is 0. The van der Waals surface area contributed by atoms with Gasteiger partial charge >= 0.3 is 5.97 Å². The number of rotatable bonds is 2. The van der Waals surface area contributed by atoms with Crippen molar-refractivity contribution in [1.29, 1.82) is 0 Å². The average molecular weight is 247 g/mol. The molecule has 12 heavy (non-hydrogen) atoms. The summed E-state index contributed by atoms with van der Waals surface area (Å²) in [5.74, 6) is -0.974. The topological polar surface area (TPSA) is 37.3 Å². The average Bonchev–Trinajstić information content (AvgIpc) is 2.28. The summed E-state index contributed by atoms with van der Waals surface area (Å²) in [6.45, 7) is 5.40. The Morgan fingerprint density at radius 1 is 1.75 bits per heavy atom. The molecular formula is C8H7BrO2S. The predicted molar refractivity (Wildman–Crippen MR) is 53.4 cm³/mol. The molecule has 0 radical (unpaired) electrons. The van der Waals surface area contributed by atoms with Crippen LogP contribution in [-0.4, -0.2) is 11.1 Å². The number of aryl methyl sites for hydroxylation is 1. The van der Waals surface area contributed by atoms with Crippen molar-refractivity contribution in [2.45, 2.75) is 6.92 Å². The fourth-order valence-electron chi connectivity index (χ4n) is 0.786. The molecule has 1 aromatic heterocycles. The molecule has 0 aliphatic carbocycles. The third-order valence-electron chi connectivity index (χ3n) is 1.34. The highest BCUT2D eigenvalue weighted by molar-refractivity contribution is 9.10. The van der Waals surface area contributed by atoms with E-state index in [1.165, 1.54) is 11.3 Å². The van der Waals surface area contributed by atoms with Gasteiger partial charge in [0.25, 0.3) is 0 Å². The van der Waals surface area contributed by atoms with Crippen LogP contribution in [0.5, 0.6) is 0 Å². The van der Waals surface area contributed by atoms with E-state index in [2.05, 4.69) is 22.5 Å². The first-order chi connectivity index (χ1) is 5.52. The van der Waals surface area contributed by atoms with Gasteiger partial charge < -0.3 is 5.11 Å². The molecule has 0 aliphatic rings. The number of carboxylic acid groups (broad SMARTS) is 1. The largest absolute Gasteiger partial charge is 0.478 e. The van der Waals surface area contributed by atoms with Crippen LogP contribution in [0.4, 0.5) is 0 Å². The summed E-state index contributed by atoms with van der Waals surface area (Å²) in [7, 11) is 0. The van der Waals surface area contributed by atoms with Crippen molar-refractivity contribution in [3.05, 3.63) is 26.9 Å². The van der Waals surface area contributed by atoms with Crippen molar-refractivity contribution < 1.29 is 9.90 Å². The minimum absolute atomic E-state index is 0.139. The van der Waals surface area contributed by atoms with Crippen molar-refractivity contribution in [3.8, 4) is 0 Å². The molecule has 1 rings (SSSR count). The molecule has 64 valence electrons. The molecule has 1 aromatic rings. The molecule has 0 aromatic carbocycles. The van der Waals surface area contributed by atoms with Crippen LogP contribution in [0.3, 0.4) is 0 Å². The standard InChI is InChI=1S/C8H7BrO2S/c1-4-3-6(9)7(12-4)5(2)8(10)11/h3H,2H2,1H3,(H,10,11). The fourth-order valence-corrected chi connectivity index (χ4v) is 2.63. The summed E-state index contributed by atoms with van der Waals surface area (Å²) in [6, 6.07) is 1.88. The Balaban J connectivity index is 3.11. The van der Waals surface area contributed by atoms with Crippen LogP contribution < -0.4 is 0 Å². The maximum absolute atomic E-state index is 10.5. The van der Waals surface area contributed by atoms with Crippen molar-refractivity contribution in [1.82, 2.24) is 0 Å². The number of carboxylic acids is 1. The minimum atomic E-state index is -0.974. The molecule has 0 unspecified atom stereocenters. The molecule has 1 heterocycles. The molecular weight excluding hydrogens is 240 g/mol. The van der Waals surface area contributed by atoms with Crippen LogP contribution >= 0.6 is 27.3 Å². The molecule has 0 atom stereocenters. The van der Waals surface area contributed by atoms with Crippen LogP contribution in [0.1, 0.15) is 9.75 Å². The van der Waals surface area contributed by atoms with E-state index >= 15 is 0 Å². The Hall–Kier alpha value is -0.610. The third-order valence-corrected chi connectivity index (χ3v) is 3.34. The van der Waals surface area contributed by atoms with Crippen LogP contribution in [0.2, 0.25) is 0 Å². The first-order valence-corrected chi connectivity index (χ1v) is 4.82. The minimum Gasteiger partial charge on any atom is -0.478 e. The highest BCUT2D eigenvalue weighted by Gasteiger charge is 2.13. The van der Waals surface area contributed by atoms with Gasteiger partial charge in [0, 0.05) is 9.35 Å². The van der Waals surface area contributed by atoms with Crippen molar-refractivity contribution in [2.24, 2.45) is 0 Å². The summed E-state index contributed by atoms with van der Waals surface area (Å²) >= 11 is 4.70. The van der Waals surface area contributed by atoms with Crippen LogP contribution in [0.25, 0.3) is 5.57 Å². The zero-order chi connectivity index (χ0) is 9.30. The van der Waals surface area contributed by atoms with Crippen LogP contribution in [0.15, 0.2) is 17.1 Å². The summed E-state index contributed by atoms with van der Waals surface area (Å²) in [5.41, 5.74) is 0.139. The monoisotopic (exact) mass is 246 g/mol. The zero-order valence-corrected chi connectivity index (χ0v) is 8.83. The molecule has 0 aliphatic heterocycles. The Kier molecular flexibility index (Phi) is 2.69. The lowest BCUT2D eigenvalue weighted by Crippen LogP contribution is -1.95. The van der Waals surface area contributed by atoms with Gasteiger partial charge in [-0.1, -0.05) is 6.58 Å². The van der Waals surface area contributed by atoms with E-state index in [1.807, 2.05) is 13.0 Å². The quantitative estimate of drug-likeness (QED) is 0.816. The highest BCUT2D eigenvalue weighted by atomic mass is 79.9. The number of halogens is 1. The zero-order valence-electron chi connectivity index (χ0n) is 6.43. The first-order valence-electron chi connectivity index (χ1n) is 3.21. The summed E-state index contributed by atoms with van der Waals surface area (Å²) in [5, 5.41) is 8.66. The molecule has 4 heteroatoms. The molecule has 1 N–H and O–H groups in total. The summed E-state index contributed by atoms with van der Waals surface area (Å²) in [4.78, 5) is 12.3. The van der Waals surface area contributed by atoms with E-state index in [9.17, 15) is 4.79 Å². The molecule has 0 bridgehead atoms. The van der Waals surface area contributed by atoms with Gasteiger partial charge in [-0.2, -0.15) is 0 Å².